The Morgan fingerprint density at radius 3 is 2.21 bits per heavy atom. The normalized spacial score (nSPS) is 11.1. The maximum atomic E-state index is 13.1. The van der Waals surface area contributed by atoms with Crippen molar-refractivity contribution in [1.29, 1.82) is 0 Å². The third-order valence-electron chi connectivity index (χ3n) is 4.98. The molecule has 0 fully saturated rings. The number of fused-ring (bicyclic) bond motifs is 1. The second kappa shape index (κ2) is 7.39. The van der Waals surface area contributed by atoms with Crippen molar-refractivity contribution in [2.45, 2.75) is 26.9 Å². The minimum atomic E-state index is -0.424. The van der Waals surface area contributed by atoms with Gasteiger partial charge in [0.2, 0.25) is 0 Å². The summed E-state index contributed by atoms with van der Waals surface area (Å²) in [7, 11) is 0. The average Bonchev–Trinajstić information content (AvgIpc) is 3.12. The van der Waals surface area contributed by atoms with Gasteiger partial charge in [-0.2, -0.15) is 0 Å². The SMILES string of the molecule is C=CCn1c(=O)c2c(ncn2Cc2ccc(C)cc2)n(-c2ccc(C)cc2)c1=O. The number of rotatable bonds is 5. The molecule has 0 spiro atoms. The summed E-state index contributed by atoms with van der Waals surface area (Å²) in [6.45, 7) is 8.33. The summed E-state index contributed by atoms with van der Waals surface area (Å²) in [4.78, 5) is 30.7. The zero-order valence-electron chi connectivity index (χ0n) is 16.5. The van der Waals surface area contributed by atoms with Crippen LogP contribution in [0, 0.1) is 13.8 Å². The van der Waals surface area contributed by atoms with Gasteiger partial charge in [0.05, 0.1) is 12.0 Å². The first kappa shape index (κ1) is 18.7. The Hall–Kier alpha value is -3.67. The minimum Gasteiger partial charge on any atom is -0.320 e. The molecule has 0 radical (unpaired) electrons. The molecule has 0 amide bonds. The summed E-state index contributed by atoms with van der Waals surface area (Å²) in [5.74, 6) is 0. The molecule has 2 aromatic heterocycles. The number of hydrogen-bond donors (Lipinski definition) is 0. The predicted octanol–water partition coefficient (Wildman–Crippen LogP) is 3.20. The largest absolute Gasteiger partial charge is 0.337 e. The number of allylic oxidation sites excluding steroid dienone is 1. The smallest absolute Gasteiger partial charge is 0.320 e. The van der Waals surface area contributed by atoms with E-state index in [0.29, 0.717) is 23.4 Å². The number of aromatic nitrogens is 4. The van der Waals surface area contributed by atoms with Crippen LogP contribution in [0.3, 0.4) is 0 Å². The highest BCUT2D eigenvalue weighted by atomic mass is 16.2. The van der Waals surface area contributed by atoms with Gasteiger partial charge in [0.15, 0.2) is 11.2 Å². The van der Waals surface area contributed by atoms with Gasteiger partial charge in [-0.05, 0) is 31.5 Å². The van der Waals surface area contributed by atoms with E-state index >= 15 is 0 Å². The Morgan fingerprint density at radius 1 is 0.966 bits per heavy atom. The molecule has 0 aliphatic rings. The monoisotopic (exact) mass is 386 g/mol. The maximum absolute atomic E-state index is 13.1. The molecule has 0 N–H and O–H groups in total. The van der Waals surface area contributed by atoms with Crippen LogP contribution in [0.4, 0.5) is 0 Å². The molecule has 0 aliphatic carbocycles. The van der Waals surface area contributed by atoms with E-state index in [1.807, 2.05) is 62.4 Å². The van der Waals surface area contributed by atoms with Crippen LogP contribution in [-0.2, 0) is 13.1 Å². The van der Waals surface area contributed by atoms with Crippen molar-refractivity contribution in [3.05, 3.63) is 105 Å². The van der Waals surface area contributed by atoms with Gasteiger partial charge in [-0.25, -0.2) is 14.3 Å². The van der Waals surface area contributed by atoms with Crippen LogP contribution in [0.2, 0.25) is 0 Å². The van der Waals surface area contributed by atoms with Crippen molar-refractivity contribution in [1.82, 2.24) is 18.7 Å². The summed E-state index contributed by atoms with van der Waals surface area (Å²) < 4.78 is 4.49. The summed E-state index contributed by atoms with van der Waals surface area (Å²) in [6.07, 6.45) is 3.17. The summed E-state index contributed by atoms with van der Waals surface area (Å²) in [5.41, 5.74) is 3.95. The van der Waals surface area contributed by atoms with Gasteiger partial charge >= 0.3 is 5.69 Å². The maximum Gasteiger partial charge on any atom is 0.337 e. The molecule has 0 saturated heterocycles. The molecule has 0 aliphatic heterocycles. The Morgan fingerprint density at radius 2 is 1.59 bits per heavy atom. The van der Waals surface area contributed by atoms with Crippen molar-refractivity contribution < 1.29 is 0 Å². The zero-order chi connectivity index (χ0) is 20.5. The van der Waals surface area contributed by atoms with Crippen LogP contribution in [-0.4, -0.2) is 18.7 Å². The van der Waals surface area contributed by atoms with Gasteiger partial charge in [0, 0.05) is 13.1 Å². The van der Waals surface area contributed by atoms with Crippen LogP contribution in [0.15, 0.2) is 77.1 Å². The molecular formula is C23H22N4O2. The first-order valence-electron chi connectivity index (χ1n) is 9.44. The number of aryl methyl sites for hydroxylation is 2. The molecule has 4 rings (SSSR count). The minimum absolute atomic E-state index is 0.134. The van der Waals surface area contributed by atoms with Gasteiger partial charge in [0.1, 0.15) is 0 Å². The standard InChI is InChI=1S/C23H22N4O2/c1-4-13-26-22(28)20-21(27(23(26)29)19-11-7-17(3)8-12-19)24-15-25(20)14-18-9-5-16(2)6-10-18/h4-12,15H,1,13-14H2,2-3H3. The van der Waals surface area contributed by atoms with Gasteiger partial charge in [-0.15, -0.1) is 6.58 Å². The van der Waals surface area contributed by atoms with Gasteiger partial charge in [-0.3, -0.25) is 9.36 Å². The lowest BCUT2D eigenvalue weighted by Gasteiger charge is -2.12. The van der Waals surface area contributed by atoms with Crippen LogP contribution >= 0.6 is 0 Å². The summed E-state index contributed by atoms with van der Waals surface area (Å²) in [6, 6.07) is 15.7. The van der Waals surface area contributed by atoms with Crippen molar-refractivity contribution in [3.63, 3.8) is 0 Å². The lowest BCUT2D eigenvalue weighted by Crippen LogP contribution is -2.39. The van der Waals surface area contributed by atoms with Gasteiger partial charge in [-0.1, -0.05) is 53.6 Å². The van der Waals surface area contributed by atoms with Crippen LogP contribution in [0.1, 0.15) is 16.7 Å². The Balaban J connectivity index is 1.98. The molecule has 6 nitrogen and oxygen atoms in total. The molecular weight excluding hydrogens is 364 g/mol. The van der Waals surface area contributed by atoms with Crippen LogP contribution in [0.5, 0.6) is 0 Å². The van der Waals surface area contributed by atoms with E-state index in [2.05, 4.69) is 11.6 Å². The van der Waals surface area contributed by atoms with Crippen molar-refractivity contribution in [2.75, 3.05) is 0 Å². The molecule has 2 heterocycles. The van der Waals surface area contributed by atoms with E-state index in [-0.39, 0.29) is 12.1 Å². The molecule has 146 valence electrons. The number of benzene rings is 2. The van der Waals surface area contributed by atoms with E-state index < -0.39 is 5.69 Å². The first-order valence-corrected chi connectivity index (χ1v) is 9.44. The molecule has 0 atom stereocenters. The molecule has 29 heavy (non-hydrogen) atoms. The van der Waals surface area contributed by atoms with Crippen LogP contribution in [0.25, 0.3) is 16.9 Å². The molecule has 0 unspecified atom stereocenters. The number of hydrogen-bond acceptors (Lipinski definition) is 3. The number of imidazole rings is 1. The molecule has 0 saturated carbocycles. The van der Waals surface area contributed by atoms with E-state index in [1.165, 1.54) is 14.7 Å². The fraction of sp³-hybridized carbons (Fsp3) is 0.174. The predicted molar refractivity (Wildman–Crippen MR) is 115 cm³/mol. The Kier molecular flexibility index (Phi) is 4.76. The van der Waals surface area contributed by atoms with Crippen molar-refractivity contribution in [3.8, 4) is 5.69 Å². The third-order valence-corrected chi connectivity index (χ3v) is 4.98. The molecule has 4 aromatic rings. The van der Waals surface area contributed by atoms with E-state index in [1.54, 1.807) is 17.0 Å². The molecule has 0 bridgehead atoms. The summed E-state index contributed by atoms with van der Waals surface area (Å²) in [5, 5.41) is 0. The number of nitrogens with zero attached hydrogens (tertiary/aromatic N) is 4. The zero-order valence-corrected chi connectivity index (χ0v) is 16.5. The van der Waals surface area contributed by atoms with Crippen molar-refractivity contribution >= 4 is 11.2 Å². The highest BCUT2D eigenvalue weighted by molar-refractivity contribution is 5.72. The summed E-state index contributed by atoms with van der Waals surface area (Å²) >= 11 is 0. The fourth-order valence-electron chi connectivity index (χ4n) is 3.41. The van der Waals surface area contributed by atoms with Gasteiger partial charge in [0.25, 0.3) is 5.56 Å². The molecule has 2 aromatic carbocycles. The van der Waals surface area contributed by atoms with Crippen molar-refractivity contribution in [2.24, 2.45) is 0 Å². The highest BCUT2D eigenvalue weighted by Crippen LogP contribution is 2.15. The molecule has 6 heteroatoms. The topological polar surface area (TPSA) is 61.8 Å². The van der Waals surface area contributed by atoms with E-state index in [0.717, 1.165) is 11.1 Å². The highest BCUT2D eigenvalue weighted by Gasteiger charge is 2.18. The third kappa shape index (κ3) is 3.33. The Labute approximate surface area is 168 Å². The lowest BCUT2D eigenvalue weighted by molar-refractivity contribution is 0.690. The lowest BCUT2D eigenvalue weighted by atomic mass is 10.1. The van der Waals surface area contributed by atoms with E-state index in [4.69, 9.17) is 0 Å². The second-order valence-electron chi connectivity index (χ2n) is 7.19. The first-order chi connectivity index (χ1) is 14.0. The second-order valence-corrected chi connectivity index (χ2v) is 7.19. The Bertz CT molecular complexity index is 1310. The average molecular weight is 386 g/mol. The quantitative estimate of drug-likeness (QED) is 0.495. The van der Waals surface area contributed by atoms with Crippen LogP contribution < -0.4 is 11.2 Å². The van der Waals surface area contributed by atoms with Gasteiger partial charge < -0.3 is 4.57 Å². The van der Waals surface area contributed by atoms with E-state index in [9.17, 15) is 9.59 Å². The fourth-order valence-corrected chi connectivity index (χ4v) is 3.41.